The first-order valence-electron chi connectivity index (χ1n) is 10.3. The van der Waals surface area contributed by atoms with Crippen molar-refractivity contribution in [2.24, 2.45) is 0 Å². The molecule has 0 aliphatic carbocycles. The Hall–Kier alpha value is -3.44. The lowest BCUT2D eigenvalue weighted by Crippen LogP contribution is -2.17. The van der Waals surface area contributed by atoms with E-state index in [9.17, 15) is 4.79 Å². The summed E-state index contributed by atoms with van der Waals surface area (Å²) in [5.74, 6) is 3.33. The third kappa shape index (κ3) is 3.69. The number of ether oxygens (including phenoxy) is 4. The largest absolute Gasteiger partial charge is 0.497 e. The molecule has 0 fully saturated rings. The Kier molecular flexibility index (Phi) is 5.27. The van der Waals surface area contributed by atoms with Crippen LogP contribution in [0.15, 0.2) is 72.0 Å². The van der Waals surface area contributed by atoms with Gasteiger partial charge < -0.3 is 18.9 Å². The molecule has 0 aromatic heterocycles. The van der Waals surface area contributed by atoms with E-state index in [-0.39, 0.29) is 18.5 Å². The molecule has 3 aromatic rings. The fourth-order valence-corrected chi connectivity index (χ4v) is 4.20. The molecule has 2 aliphatic heterocycles. The number of hydrogen-bond acceptors (Lipinski definition) is 5. The zero-order valence-electron chi connectivity index (χ0n) is 17.7. The van der Waals surface area contributed by atoms with Gasteiger partial charge in [0.05, 0.1) is 7.11 Å². The minimum absolute atomic E-state index is 0.0119. The van der Waals surface area contributed by atoms with Gasteiger partial charge in [-0.3, -0.25) is 4.79 Å². The minimum Gasteiger partial charge on any atom is -0.497 e. The van der Waals surface area contributed by atoms with Crippen molar-refractivity contribution in [2.75, 3.05) is 13.9 Å². The summed E-state index contributed by atoms with van der Waals surface area (Å²) < 4.78 is 22.7. The van der Waals surface area contributed by atoms with Gasteiger partial charge in [0.2, 0.25) is 6.79 Å². The molecule has 5 rings (SSSR count). The van der Waals surface area contributed by atoms with Gasteiger partial charge in [-0.25, -0.2) is 0 Å². The number of methoxy groups -OCH3 is 1. The van der Waals surface area contributed by atoms with E-state index in [1.54, 1.807) is 38.3 Å². The second kappa shape index (κ2) is 8.24. The van der Waals surface area contributed by atoms with Gasteiger partial charge in [-0.05, 0) is 55.0 Å². The van der Waals surface area contributed by atoms with E-state index < -0.39 is 0 Å². The maximum absolute atomic E-state index is 13.1. The number of allylic oxidation sites excluding steroid dienone is 2. The van der Waals surface area contributed by atoms with Crippen molar-refractivity contribution in [1.29, 1.82) is 0 Å². The molecular weight excluding hydrogens is 428 g/mol. The lowest BCUT2D eigenvalue weighted by Gasteiger charge is -2.29. The average Bonchev–Trinajstić information content (AvgIpc) is 3.29. The molecule has 0 bridgehead atoms. The summed E-state index contributed by atoms with van der Waals surface area (Å²) >= 11 is 5.98. The molecule has 6 heteroatoms. The summed E-state index contributed by atoms with van der Waals surface area (Å²) in [6, 6.07) is 18.6. The predicted molar refractivity (Wildman–Crippen MR) is 121 cm³/mol. The standard InChI is InChI=1S/C26H21ClO5/c1-15(26(28)17-3-7-18(27)8-4-17)22-11-20(16-5-9-19(29-2)10-6-16)21-12-24-25(31-14-30-24)13-23(21)32-22/h3-10,12-13,20H,11,14H2,1-2H3/b22-15-/t20-/m0/s1. The van der Waals surface area contributed by atoms with Gasteiger partial charge in [-0.15, -0.1) is 0 Å². The van der Waals surface area contributed by atoms with Crippen molar-refractivity contribution in [3.8, 4) is 23.0 Å². The maximum atomic E-state index is 13.1. The van der Waals surface area contributed by atoms with Gasteiger partial charge in [0.15, 0.2) is 17.3 Å². The molecule has 32 heavy (non-hydrogen) atoms. The maximum Gasteiger partial charge on any atom is 0.231 e. The summed E-state index contributed by atoms with van der Waals surface area (Å²) in [5.41, 5.74) is 3.22. The fourth-order valence-electron chi connectivity index (χ4n) is 4.08. The zero-order valence-corrected chi connectivity index (χ0v) is 18.4. The highest BCUT2D eigenvalue weighted by Crippen LogP contribution is 2.48. The van der Waals surface area contributed by atoms with Crippen LogP contribution in [0.2, 0.25) is 5.02 Å². The minimum atomic E-state index is -0.0886. The van der Waals surface area contributed by atoms with Gasteiger partial charge in [0.25, 0.3) is 0 Å². The number of carbonyl (C=O) groups is 1. The third-order valence-corrected chi connectivity index (χ3v) is 6.14. The summed E-state index contributed by atoms with van der Waals surface area (Å²) in [6.45, 7) is 1.98. The van der Waals surface area contributed by atoms with Crippen molar-refractivity contribution in [3.63, 3.8) is 0 Å². The lowest BCUT2D eigenvalue weighted by molar-refractivity contribution is 0.102. The molecule has 0 N–H and O–H groups in total. The Bertz CT molecular complexity index is 1210. The number of rotatable bonds is 4. The smallest absolute Gasteiger partial charge is 0.231 e. The van der Waals surface area contributed by atoms with Crippen molar-refractivity contribution in [3.05, 3.63) is 93.7 Å². The van der Waals surface area contributed by atoms with Crippen LogP contribution in [0, 0.1) is 0 Å². The van der Waals surface area contributed by atoms with Crippen LogP contribution in [0.4, 0.5) is 0 Å². The molecule has 2 aliphatic rings. The van der Waals surface area contributed by atoms with Gasteiger partial charge in [-0.2, -0.15) is 0 Å². The zero-order chi connectivity index (χ0) is 22.2. The molecule has 2 heterocycles. The highest BCUT2D eigenvalue weighted by atomic mass is 35.5. The van der Waals surface area contributed by atoms with Crippen LogP contribution in [-0.2, 0) is 0 Å². The molecule has 0 unspecified atom stereocenters. The molecule has 0 radical (unpaired) electrons. The molecule has 0 saturated heterocycles. The van der Waals surface area contributed by atoms with E-state index >= 15 is 0 Å². The Morgan fingerprint density at radius 1 is 0.969 bits per heavy atom. The monoisotopic (exact) mass is 448 g/mol. The first-order chi connectivity index (χ1) is 15.5. The predicted octanol–water partition coefficient (Wildman–Crippen LogP) is 6.15. The molecule has 0 spiro atoms. The normalized spacial score (nSPS) is 17.9. The Labute approximate surface area is 191 Å². The molecule has 162 valence electrons. The van der Waals surface area contributed by atoms with E-state index in [1.165, 1.54) is 0 Å². The van der Waals surface area contributed by atoms with E-state index in [0.717, 1.165) is 16.9 Å². The number of hydrogen-bond donors (Lipinski definition) is 0. The molecule has 3 aromatic carbocycles. The van der Waals surface area contributed by atoms with Crippen molar-refractivity contribution in [1.82, 2.24) is 0 Å². The first kappa shape index (κ1) is 20.5. The molecule has 5 nitrogen and oxygen atoms in total. The Morgan fingerprint density at radius 2 is 1.66 bits per heavy atom. The van der Waals surface area contributed by atoms with Gasteiger partial charge in [-0.1, -0.05) is 23.7 Å². The summed E-state index contributed by atoms with van der Waals surface area (Å²) in [4.78, 5) is 13.1. The van der Waals surface area contributed by atoms with Crippen LogP contribution in [0.1, 0.15) is 40.7 Å². The molecule has 0 amide bonds. The SMILES string of the molecule is COc1ccc([C@@H]2C/C(=C(\C)C(=O)c3ccc(Cl)cc3)Oc3cc4c(cc32)OCO4)cc1. The lowest BCUT2D eigenvalue weighted by atomic mass is 9.84. The summed E-state index contributed by atoms with van der Waals surface area (Å²) in [5, 5.41) is 0.588. The quantitative estimate of drug-likeness (QED) is 0.354. The highest BCUT2D eigenvalue weighted by molar-refractivity contribution is 6.30. The van der Waals surface area contributed by atoms with Crippen LogP contribution >= 0.6 is 11.6 Å². The van der Waals surface area contributed by atoms with Crippen molar-refractivity contribution in [2.45, 2.75) is 19.3 Å². The third-order valence-electron chi connectivity index (χ3n) is 5.89. The first-order valence-corrected chi connectivity index (χ1v) is 10.7. The average molecular weight is 449 g/mol. The number of carbonyl (C=O) groups excluding carboxylic acids is 1. The number of ketones is 1. The van der Waals surface area contributed by atoms with Crippen LogP contribution < -0.4 is 18.9 Å². The van der Waals surface area contributed by atoms with Crippen LogP contribution in [0.5, 0.6) is 23.0 Å². The van der Waals surface area contributed by atoms with E-state index in [1.807, 2.05) is 36.4 Å². The number of halogens is 1. The van der Waals surface area contributed by atoms with E-state index in [2.05, 4.69) is 0 Å². The van der Waals surface area contributed by atoms with Gasteiger partial charge in [0, 0.05) is 40.1 Å². The molecule has 1 atom stereocenters. The van der Waals surface area contributed by atoms with Crippen molar-refractivity contribution >= 4 is 17.4 Å². The molecule has 0 saturated carbocycles. The van der Waals surface area contributed by atoms with Crippen molar-refractivity contribution < 1.29 is 23.7 Å². The highest BCUT2D eigenvalue weighted by Gasteiger charge is 2.32. The summed E-state index contributed by atoms with van der Waals surface area (Å²) in [7, 11) is 1.64. The molecular formula is C26H21ClO5. The van der Waals surface area contributed by atoms with E-state index in [4.69, 9.17) is 30.5 Å². The Balaban J connectivity index is 1.58. The summed E-state index contributed by atoms with van der Waals surface area (Å²) in [6.07, 6.45) is 0.546. The van der Waals surface area contributed by atoms with Gasteiger partial charge in [0.1, 0.15) is 17.3 Å². The number of Topliss-reactive ketones (excluding diaryl/α,β-unsaturated/α-hetero) is 1. The van der Waals surface area contributed by atoms with E-state index in [0.29, 0.717) is 45.6 Å². The van der Waals surface area contributed by atoms with Crippen LogP contribution in [0.3, 0.4) is 0 Å². The second-order valence-corrected chi connectivity index (χ2v) is 8.20. The second-order valence-electron chi connectivity index (χ2n) is 7.76. The Morgan fingerprint density at radius 3 is 2.34 bits per heavy atom. The van der Waals surface area contributed by atoms with Crippen LogP contribution in [0.25, 0.3) is 0 Å². The topological polar surface area (TPSA) is 54.0 Å². The van der Waals surface area contributed by atoms with Gasteiger partial charge >= 0.3 is 0 Å². The number of benzene rings is 3. The van der Waals surface area contributed by atoms with Crippen LogP contribution in [-0.4, -0.2) is 19.7 Å². The number of fused-ring (bicyclic) bond motifs is 2. The fraction of sp³-hybridized carbons (Fsp3) is 0.192.